The monoisotopic (exact) mass is 569 g/mol. The fourth-order valence-electron chi connectivity index (χ4n) is 6.02. The SMILES string of the molecule is Cn1c(-c2cc3cccc(OCC(C)(C)n4ccnc4)c3n2CC2CC2)nc2cc3c(nc21)CCN(CCCF)C3=O. The highest BCUT2D eigenvalue weighted by Gasteiger charge is 2.30. The molecule has 1 aliphatic heterocycles. The number of carbonyl (C=O) groups excluding carboxylic acids is 1. The molecule has 0 bridgehead atoms. The van der Waals surface area contributed by atoms with Crippen LogP contribution in [0.2, 0.25) is 0 Å². The Hall–Kier alpha value is -4.21. The van der Waals surface area contributed by atoms with Gasteiger partial charge < -0.3 is 23.3 Å². The van der Waals surface area contributed by atoms with E-state index in [0.717, 1.165) is 46.1 Å². The van der Waals surface area contributed by atoms with Crippen molar-refractivity contribution in [2.45, 2.75) is 51.6 Å². The summed E-state index contributed by atoms with van der Waals surface area (Å²) >= 11 is 0. The number of fused-ring (bicyclic) bond motifs is 3. The third-order valence-corrected chi connectivity index (χ3v) is 8.66. The largest absolute Gasteiger partial charge is 0.489 e. The number of aromatic nitrogens is 6. The molecule has 0 radical (unpaired) electrons. The smallest absolute Gasteiger partial charge is 0.255 e. The van der Waals surface area contributed by atoms with Crippen LogP contribution in [0.4, 0.5) is 4.39 Å². The first-order valence-corrected chi connectivity index (χ1v) is 14.8. The normalized spacial score (nSPS) is 15.6. The zero-order valence-corrected chi connectivity index (χ0v) is 24.4. The lowest BCUT2D eigenvalue weighted by molar-refractivity contribution is 0.0733. The van der Waals surface area contributed by atoms with Crippen LogP contribution in [0.1, 0.15) is 49.2 Å². The summed E-state index contributed by atoms with van der Waals surface area (Å²) in [5.41, 5.74) is 4.62. The van der Waals surface area contributed by atoms with Crippen LogP contribution < -0.4 is 4.74 Å². The minimum Gasteiger partial charge on any atom is -0.489 e. The van der Waals surface area contributed by atoms with Crippen molar-refractivity contribution in [1.29, 1.82) is 0 Å². The minimum absolute atomic E-state index is 0.0884. The van der Waals surface area contributed by atoms with Crippen LogP contribution in [0, 0.1) is 5.92 Å². The fraction of sp³-hybridized carbons (Fsp3) is 0.438. The topological polar surface area (TPSA) is 83.0 Å². The number of ether oxygens (including phenoxy) is 1. The summed E-state index contributed by atoms with van der Waals surface area (Å²) in [4.78, 5) is 29.1. The maximum atomic E-state index is 13.2. The number of alkyl halides is 1. The Morgan fingerprint density at radius 1 is 1.17 bits per heavy atom. The number of hydrogen-bond donors (Lipinski definition) is 0. The molecule has 0 atom stereocenters. The van der Waals surface area contributed by atoms with Gasteiger partial charge in [-0.1, -0.05) is 12.1 Å². The second-order valence-electron chi connectivity index (χ2n) is 12.3. The number of rotatable bonds is 10. The van der Waals surface area contributed by atoms with Crippen LogP contribution in [0.5, 0.6) is 5.75 Å². The van der Waals surface area contributed by atoms with Crippen molar-refractivity contribution >= 4 is 28.0 Å². The van der Waals surface area contributed by atoms with E-state index >= 15 is 0 Å². The lowest BCUT2D eigenvalue weighted by atomic mass is 10.0. The number of carbonyl (C=O) groups is 1. The van der Waals surface area contributed by atoms with Gasteiger partial charge in [0, 0.05) is 50.9 Å². The number of para-hydroxylation sites is 1. The van der Waals surface area contributed by atoms with Crippen molar-refractivity contribution in [2.75, 3.05) is 26.4 Å². The summed E-state index contributed by atoms with van der Waals surface area (Å²) in [6, 6.07) is 10.3. The highest BCUT2D eigenvalue weighted by Crippen LogP contribution is 2.39. The molecule has 2 aliphatic rings. The highest BCUT2D eigenvalue weighted by atomic mass is 19.1. The van der Waals surface area contributed by atoms with Crippen LogP contribution in [0.3, 0.4) is 0 Å². The van der Waals surface area contributed by atoms with Gasteiger partial charge in [-0.15, -0.1) is 0 Å². The van der Waals surface area contributed by atoms with Crippen molar-refractivity contribution in [1.82, 2.24) is 33.6 Å². The quantitative estimate of drug-likeness (QED) is 0.226. The molecule has 5 aromatic rings. The third-order valence-electron chi connectivity index (χ3n) is 8.66. The van der Waals surface area contributed by atoms with E-state index < -0.39 is 6.67 Å². The van der Waals surface area contributed by atoms with Gasteiger partial charge in [-0.2, -0.15) is 0 Å². The van der Waals surface area contributed by atoms with Gasteiger partial charge in [-0.05, 0) is 57.2 Å². The number of halogens is 1. The molecule has 1 fully saturated rings. The predicted molar refractivity (Wildman–Crippen MR) is 159 cm³/mol. The standard InChI is InChI=1S/C32H36FN7O2/c1-32(2,39-15-12-34-20-39)19-42-27-7-4-6-22-16-26(40(28(22)27)18-21-8-9-21)30-36-25-17-23-24(35-29(25)37(30)3)10-14-38(31(23)41)13-5-11-33/h4,6-7,12,15-17,20-21H,5,8-11,13-14,18-19H2,1-3H3. The molecule has 0 N–H and O–H groups in total. The average molecular weight is 570 g/mol. The summed E-state index contributed by atoms with van der Waals surface area (Å²) in [5.74, 6) is 2.19. The lowest BCUT2D eigenvalue weighted by Crippen LogP contribution is -2.38. The van der Waals surface area contributed by atoms with E-state index in [1.54, 1.807) is 11.1 Å². The molecular weight excluding hydrogens is 533 g/mol. The van der Waals surface area contributed by atoms with E-state index in [-0.39, 0.29) is 11.4 Å². The molecule has 1 aromatic carbocycles. The Morgan fingerprint density at radius 3 is 2.79 bits per heavy atom. The molecule has 4 aromatic heterocycles. The molecule has 5 heterocycles. The first-order valence-electron chi connectivity index (χ1n) is 14.8. The Labute approximate surface area is 243 Å². The van der Waals surface area contributed by atoms with Gasteiger partial charge in [-0.25, -0.2) is 15.0 Å². The van der Waals surface area contributed by atoms with E-state index in [2.05, 4.69) is 40.1 Å². The maximum Gasteiger partial charge on any atom is 0.255 e. The number of imidazole rings is 2. The fourth-order valence-corrected chi connectivity index (χ4v) is 6.02. The van der Waals surface area contributed by atoms with Crippen molar-refractivity contribution < 1.29 is 13.9 Å². The Kier molecular flexibility index (Phi) is 6.51. The molecule has 9 nitrogen and oxygen atoms in total. The molecule has 7 rings (SSSR count). The molecule has 1 saturated carbocycles. The van der Waals surface area contributed by atoms with Crippen LogP contribution in [0.15, 0.2) is 49.1 Å². The second-order valence-corrected chi connectivity index (χ2v) is 12.3. The first kappa shape index (κ1) is 26.7. The Balaban J connectivity index is 1.29. The first-order chi connectivity index (χ1) is 20.3. The van der Waals surface area contributed by atoms with Crippen LogP contribution in [-0.2, 0) is 25.6 Å². The summed E-state index contributed by atoms with van der Waals surface area (Å²) in [5, 5.41) is 1.10. The number of pyridine rings is 1. The van der Waals surface area contributed by atoms with Crippen molar-refractivity contribution in [3.8, 4) is 17.3 Å². The number of hydrogen-bond acceptors (Lipinski definition) is 5. The number of amides is 1. The van der Waals surface area contributed by atoms with Gasteiger partial charge in [0.25, 0.3) is 5.91 Å². The zero-order valence-electron chi connectivity index (χ0n) is 24.4. The molecule has 0 spiro atoms. The molecule has 42 heavy (non-hydrogen) atoms. The van der Waals surface area contributed by atoms with Gasteiger partial charge in [0.05, 0.1) is 41.0 Å². The van der Waals surface area contributed by atoms with Crippen molar-refractivity contribution in [2.24, 2.45) is 13.0 Å². The molecular formula is C32H36FN7O2. The highest BCUT2D eigenvalue weighted by molar-refractivity contribution is 5.99. The summed E-state index contributed by atoms with van der Waals surface area (Å²) in [7, 11) is 1.99. The van der Waals surface area contributed by atoms with E-state index in [4.69, 9.17) is 14.7 Å². The van der Waals surface area contributed by atoms with Crippen molar-refractivity contribution in [3.63, 3.8) is 0 Å². The van der Waals surface area contributed by atoms with Gasteiger partial charge in [0.15, 0.2) is 11.5 Å². The van der Waals surface area contributed by atoms with Gasteiger partial charge >= 0.3 is 0 Å². The van der Waals surface area contributed by atoms with Crippen molar-refractivity contribution in [3.05, 3.63) is 60.3 Å². The Morgan fingerprint density at radius 2 is 2.02 bits per heavy atom. The molecule has 10 heteroatoms. The van der Waals surface area contributed by atoms with Crippen LogP contribution >= 0.6 is 0 Å². The van der Waals surface area contributed by atoms with E-state index in [1.165, 1.54) is 12.8 Å². The predicted octanol–water partition coefficient (Wildman–Crippen LogP) is 5.37. The molecule has 0 saturated heterocycles. The van der Waals surface area contributed by atoms with E-state index in [0.29, 0.717) is 49.5 Å². The average Bonchev–Trinajstić information content (AvgIpc) is 3.34. The second kappa shape index (κ2) is 10.3. The minimum atomic E-state index is -0.429. The molecule has 218 valence electrons. The maximum absolute atomic E-state index is 13.2. The van der Waals surface area contributed by atoms with Crippen LogP contribution in [0.25, 0.3) is 33.6 Å². The number of aryl methyl sites for hydroxylation is 1. The van der Waals surface area contributed by atoms with Gasteiger partial charge in [0.2, 0.25) is 0 Å². The van der Waals surface area contributed by atoms with E-state index in [1.807, 2.05) is 42.3 Å². The third kappa shape index (κ3) is 4.62. The summed E-state index contributed by atoms with van der Waals surface area (Å²) in [6.45, 7) is 6.21. The van der Waals surface area contributed by atoms with Gasteiger partial charge in [-0.3, -0.25) is 9.18 Å². The number of benzene rings is 1. The number of nitrogens with zero attached hydrogens (tertiary/aromatic N) is 7. The lowest BCUT2D eigenvalue weighted by Gasteiger charge is -2.27. The molecule has 1 amide bonds. The van der Waals surface area contributed by atoms with Crippen LogP contribution in [-0.4, -0.2) is 65.8 Å². The Bertz CT molecular complexity index is 1780. The van der Waals surface area contributed by atoms with E-state index in [9.17, 15) is 9.18 Å². The molecule has 1 aliphatic carbocycles. The zero-order chi connectivity index (χ0) is 29.0. The summed E-state index contributed by atoms with van der Waals surface area (Å²) < 4.78 is 25.8. The molecule has 0 unspecified atom stereocenters. The van der Waals surface area contributed by atoms with Gasteiger partial charge in [0.1, 0.15) is 17.9 Å². The summed E-state index contributed by atoms with van der Waals surface area (Å²) in [6.07, 6.45) is 9.01.